The highest BCUT2D eigenvalue weighted by molar-refractivity contribution is 6.22. The molecular weight excluding hydrogens is 280 g/mol. The maximum Gasteiger partial charge on any atom is 0.415 e. The molecule has 0 aromatic heterocycles. The second kappa shape index (κ2) is 6.06. The lowest BCUT2D eigenvalue weighted by Crippen LogP contribution is -2.46. The molecule has 2 aliphatic heterocycles. The SMILES string of the molecule is CC(C)(C)OC(=O)N1C=C(OCC2CCN2)C=C[C@@H]1Cl. The van der Waals surface area contributed by atoms with Crippen LogP contribution in [0.3, 0.4) is 0 Å². The Morgan fingerprint density at radius 3 is 2.80 bits per heavy atom. The van der Waals surface area contributed by atoms with Crippen molar-refractivity contribution in [2.24, 2.45) is 0 Å². The molecule has 1 fully saturated rings. The number of rotatable bonds is 3. The molecule has 20 heavy (non-hydrogen) atoms. The van der Waals surface area contributed by atoms with Gasteiger partial charge in [0.15, 0.2) is 0 Å². The van der Waals surface area contributed by atoms with E-state index in [0.29, 0.717) is 18.4 Å². The molecule has 0 aliphatic carbocycles. The Kier molecular flexibility index (Phi) is 4.60. The maximum atomic E-state index is 12.0. The molecule has 2 atom stereocenters. The normalized spacial score (nSPS) is 25.8. The molecule has 112 valence electrons. The first-order valence-corrected chi connectivity index (χ1v) is 7.20. The first-order chi connectivity index (χ1) is 9.35. The Morgan fingerprint density at radius 1 is 1.55 bits per heavy atom. The van der Waals surface area contributed by atoms with E-state index in [0.717, 1.165) is 13.0 Å². The van der Waals surface area contributed by atoms with E-state index >= 15 is 0 Å². The second-order valence-electron chi connectivity index (χ2n) is 5.90. The second-order valence-corrected chi connectivity index (χ2v) is 6.35. The molecule has 5 nitrogen and oxygen atoms in total. The minimum atomic E-state index is -0.556. The smallest absolute Gasteiger partial charge is 0.415 e. The third-order valence-electron chi connectivity index (χ3n) is 2.93. The lowest BCUT2D eigenvalue weighted by molar-refractivity contribution is 0.0319. The number of amides is 1. The van der Waals surface area contributed by atoms with E-state index in [2.05, 4.69) is 5.32 Å². The van der Waals surface area contributed by atoms with Crippen molar-refractivity contribution in [3.63, 3.8) is 0 Å². The van der Waals surface area contributed by atoms with E-state index in [1.807, 2.05) is 20.8 Å². The molecule has 6 heteroatoms. The summed E-state index contributed by atoms with van der Waals surface area (Å²) in [6.45, 7) is 7.08. The van der Waals surface area contributed by atoms with Gasteiger partial charge in [0.05, 0.1) is 6.20 Å². The Morgan fingerprint density at radius 2 is 2.25 bits per heavy atom. The summed E-state index contributed by atoms with van der Waals surface area (Å²) in [6.07, 6.45) is 5.70. The van der Waals surface area contributed by atoms with E-state index < -0.39 is 17.2 Å². The van der Waals surface area contributed by atoms with Crippen LogP contribution in [0.15, 0.2) is 24.1 Å². The molecule has 0 saturated carbocycles. The average molecular weight is 301 g/mol. The van der Waals surface area contributed by atoms with Crippen molar-refractivity contribution in [2.75, 3.05) is 13.2 Å². The number of alkyl halides is 1. The van der Waals surface area contributed by atoms with E-state index in [-0.39, 0.29) is 0 Å². The van der Waals surface area contributed by atoms with Gasteiger partial charge in [0.25, 0.3) is 0 Å². The largest absolute Gasteiger partial charge is 0.490 e. The molecule has 1 unspecified atom stereocenters. The number of allylic oxidation sites excluding steroid dienone is 1. The van der Waals surface area contributed by atoms with E-state index in [4.69, 9.17) is 21.1 Å². The topological polar surface area (TPSA) is 50.8 Å². The summed E-state index contributed by atoms with van der Waals surface area (Å²) in [5.41, 5.74) is -1.11. The zero-order valence-corrected chi connectivity index (χ0v) is 12.8. The van der Waals surface area contributed by atoms with Crippen LogP contribution in [0.5, 0.6) is 0 Å². The van der Waals surface area contributed by atoms with Crippen molar-refractivity contribution in [1.29, 1.82) is 0 Å². The van der Waals surface area contributed by atoms with Crippen LogP contribution in [0, 0.1) is 0 Å². The molecule has 2 rings (SSSR count). The Bertz CT molecular complexity index is 425. The number of carbonyl (C=O) groups is 1. The van der Waals surface area contributed by atoms with Crippen LogP contribution in [0.2, 0.25) is 0 Å². The fourth-order valence-electron chi connectivity index (χ4n) is 1.76. The molecule has 0 bridgehead atoms. The summed E-state index contributed by atoms with van der Waals surface area (Å²) in [7, 11) is 0. The number of halogens is 1. The Balaban J connectivity index is 1.94. The summed E-state index contributed by atoms with van der Waals surface area (Å²) in [6, 6.07) is 0.396. The minimum Gasteiger partial charge on any atom is -0.490 e. The van der Waals surface area contributed by atoms with Crippen LogP contribution >= 0.6 is 11.6 Å². The Labute approximate surface area is 124 Å². The zero-order chi connectivity index (χ0) is 14.8. The summed E-state index contributed by atoms with van der Waals surface area (Å²) in [4.78, 5) is 13.4. The first-order valence-electron chi connectivity index (χ1n) is 6.77. The molecule has 2 aliphatic rings. The fraction of sp³-hybridized carbons (Fsp3) is 0.643. The summed E-state index contributed by atoms with van der Waals surface area (Å²) >= 11 is 6.10. The standard InChI is InChI=1S/C14H21ClN2O3/c1-14(2,3)20-13(18)17-8-11(4-5-12(17)15)19-9-10-6-7-16-10/h4-5,8,10,12,16H,6-7,9H2,1-3H3/t10?,12-/m1/s1. The third-order valence-corrected chi connectivity index (χ3v) is 3.29. The van der Waals surface area contributed by atoms with Gasteiger partial charge >= 0.3 is 6.09 Å². The number of nitrogens with one attached hydrogen (secondary N) is 1. The summed E-state index contributed by atoms with van der Waals surface area (Å²) < 4.78 is 11.0. The number of ether oxygens (including phenoxy) is 2. The van der Waals surface area contributed by atoms with Gasteiger partial charge < -0.3 is 14.8 Å². The zero-order valence-electron chi connectivity index (χ0n) is 12.1. The first kappa shape index (κ1) is 15.2. The van der Waals surface area contributed by atoms with Crippen LogP contribution in [-0.2, 0) is 9.47 Å². The van der Waals surface area contributed by atoms with Gasteiger partial charge in [-0.3, -0.25) is 4.90 Å². The van der Waals surface area contributed by atoms with Gasteiger partial charge in [0.2, 0.25) is 0 Å². The molecule has 1 amide bonds. The van der Waals surface area contributed by atoms with Crippen molar-refractivity contribution in [3.05, 3.63) is 24.1 Å². The highest BCUT2D eigenvalue weighted by Gasteiger charge is 2.27. The van der Waals surface area contributed by atoms with Crippen LogP contribution < -0.4 is 5.32 Å². The van der Waals surface area contributed by atoms with Crippen molar-refractivity contribution >= 4 is 17.7 Å². The van der Waals surface area contributed by atoms with Gasteiger partial charge in [0, 0.05) is 6.04 Å². The van der Waals surface area contributed by atoms with Gasteiger partial charge in [-0.25, -0.2) is 4.79 Å². The van der Waals surface area contributed by atoms with Gasteiger partial charge in [0.1, 0.15) is 23.5 Å². The van der Waals surface area contributed by atoms with Gasteiger partial charge in [-0.2, -0.15) is 0 Å². The van der Waals surface area contributed by atoms with Crippen molar-refractivity contribution < 1.29 is 14.3 Å². The third kappa shape index (κ3) is 4.15. The van der Waals surface area contributed by atoms with Crippen molar-refractivity contribution in [2.45, 2.75) is 44.3 Å². The molecule has 1 saturated heterocycles. The molecule has 0 radical (unpaired) electrons. The average Bonchev–Trinajstić information content (AvgIpc) is 2.26. The Hall–Kier alpha value is -1.20. The van der Waals surface area contributed by atoms with E-state index in [1.54, 1.807) is 18.4 Å². The highest BCUT2D eigenvalue weighted by Crippen LogP contribution is 2.21. The lowest BCUT2D eigenvalue weighted by atomic mass is 10.1. The molecule has 0 spiro atoms. The molecule has 2 heterocycles. The van der Waals surface area contributed by atoms with Gasteiger partial charge in [-0.15, -0.1) is 0 Å². The quantitative estimate of drug-likeness (QED) is 0.643. The van der Waals surface area contributed by atoms with E-state index in [1.165, 1.54) is 4.90 Å². The predicted molar refractivity (Wildman–Crippen MR) is 77.3 cm³/mol. The maximum absolute atomic E-state index is 12.0. The lowest BCUT2D eigenvalue weighted by Gasteiger charge is -2.30. The number of hydrogen-bond acceptors (Lipinski definition) is 4. The van der Waals surface area contributed by atoms with Crippen LogP contribution in [-0.4, -0.2) is 41.3 Å². The molecule has 0 aromatic rings. The summed E-state index contributed by atoms with van der Waals surface area (Å²) in [5, 5.41) is 3.25. The monoisotopic (exact) mass is 300 g/mol. The van der Waals surface area contributed by atoms with Crippen LogP contribution in [0.1, 0.15) is 27.2 Å². The van der Waals surface area contributed by atoms with Crippen LogP contribution in [0.25, 0.3) is 0 Å². The molecule has 1 N–H and O–H groups in total. The number of hydrogen-bond donors (Lipinski definition) is 1. The molecule has 0 aromatic carbocycles. The van der Waals surface area contributed by atoms with Gasteiger partial charge in [-0.05, 0) is 45.9 Å². The van der Waals surface area contributed by atoms with E-state index in [9.17, 15) is 4.79 Å². The van der Waals surface area contributed by atoms with Crippen molar-refractivity contribution in [1.82, 2.24) is 10.2 Å². The summed E-state index contributed by atoms with van der Waals surface area (Å²) in [5.74, 6) is 0.612. The fourth-order valence-corrected chi connectivity index (χ4v) is 1.97. The highest BCUT2D eigenvalue weighted by atomic mass is 35.5. The van der Waals surface area contributed by atoms with Crippen LogP contribution in [0.4, 0.5) is 4.79 Å². The predicted octanol–water partition coefficient (Wildman–Crippen LogP) is 2.58. The van der Waals surface area contributed by atoms with Crippen molar-refractivity contribution in [3.8, 4) is 0 Å². The van der Waals surface area contributed by atoms with Gasteiger partial charge in [-0.1, -0.05) is 11.6 Å². The number of nitrogens with zero attached hydrogens (tertiary/aromatic N) is 1. The minimum absolute atomic E-state index is 0.396. The molecular formula is C14H21ClN2O3. The number of carbonyl (C=O) groups excluding carboxylic acids is 1.